The summed E-state index contributed by atoms with van der Waals surface area (Å²) >= 11 is 3.32. The maximum atomic E-state index is 12.5. The van der Waals surface area contributed by atoms with Crippen molar-refractivity contribution in [2.75, 3.05) is 6.79 Å². The van der Waals surface area contributed by atoms with Crippen LogP contribution in [-0.4, -0.2) is 35.9 Å². The van der Waals surface area contributed by atoms with Gasteiger partial charge in [0, 0.05) is 12.1 Å². The zero-order valence-corrected chi connectivity index (χ0v) is 19.2. The third kappa shape index (κ3) is 5.82. The Bertz CT molecular complexity index is 1240. The Morgan fingerprint density at radius 2 is 1.82 bits per heavy atom. The first kappa shape index (κ1) is 23.5. The minimum absolute atomic E-state index is 0.171. The predicted molar refractivity (Wildman–Crippen MR) is 126 cm³/mol. The summed E-state index contributed by atoms with van der Waals surface area (Å²) in [5, 5.41) is 15.0. The number of ether oxygens (including phenoxy) is 2. The Kier molecular flexibility index (Phi) is 7.58. The van der Waals surface area contributed by atoms with Crippen molar-refractivity contribution in [3.05, 3.63) is 82.7 Å². The van der Waals surface area contributed by atoms with Gasteiger partial charge in [0.25, 0.3) is 0 Å². The quantitative estimate of drug-likeness (QED) is 0.148. The second kappa shape index (κ2) is 11.0. The van der Waals surface area contributed by atoms with Crippen molar-refractivity contribution < 1.29 is 28.9 Å². The second-order valence-corrected chi connectivity index (χ2v) is 7.79. The number of para-hydroxylation sites is 1. The lowest BCUT2D eigenvalue weighted by Gasteiger charge is -2.11. The summed E-state index contributed by atoms with van der Waals surface area (Å²) in [5.74, 6) is 1.17. The van der Waals surface area contributed by atoms with Gasteiger partial charge in [-0.15, -0.1) is 0 Å². The van der Waals surface area contributed by atoms with Crippen LogP contribution in [0.15, 0.2) is 75.7 Å². The van der Waals surface area contributed by atoms with Gasteiger partial charge in [-0.1, -0.05) is 47.0 Å². The molecule has 2 N–H and O–H groups in total. The molecular formula is C23H17BBrN3O6. The number of nitrogens with one attached hydrogen (secondary N) is 1. The van der Waals surface area contributed by atoms with E-state index in [9.17, 15) is 4.79 Å². The second-order valence-electron chi connectivity index (χ2n) is 6.93. The number of carbonyl (C=O) groups excluding carboxylic acids is 1. The van der Waals surface area contributed by atoms with Gasteiger partial charge in [0.05, 0.1) is 4.47 Å². The number of benzene rings is 3. The monoisotopic (exact) mass is 521 g/mol. The van der Waals surface area contributed by atoms with Crippen LogP contribution in [0.3, 0.4) is 0 Å². The Labute approximate surface area is 204 Å². The van der Waals surface area contributed by atoms with Crippen LogP contribution in [0.1, 0.15) is 16.2 Å². The minimum atomic E-state index is -0.518. The van der Waals surface area contributed by atoms with Crippen LogP contribution < -0.4 is 20.3 Å². The van der Waals surface area contributed by atoms with Crippen LogP contribution in [0, 0.1) is 0 Å². The smallest absolute Gasteiger partial charge is 0.316 e. The lowest BCUT2D eigenvalue weighted by molar-refractivity contribution is -0.278. The van der Waals surface area contributed by atoms with Crippen molar-refractivity contribution in [3.63, 3.8) is 0 Å². The van der Waals surface area contributed by atoms with Gasteiger partial charge in [0.1, 0.15) is 25.1 Å². The van der Waals surface area contributed by atoms with Crippen molar-refractivity contribution in [2.24, 2.45) is 0 Å². The highest BCUT2D eigenvalue weighted by atomic mass is 79.9. The molecule has 0 bridgehead atoms. The molecule has 1 amide bonds. The summed E-state index contributed by atoms with van der Waals surface area (Å²) in [6.45, 7) is -0.128. The molecule has 4 rings (SSSR count). The van der Waals surface area contributed by atoms with E-state index in [2.05, 4.69) is 36.3 Å². The van der Waals surface area contributed by atoms with Gasteiger partial charge in [0.2, 0.25) is 12.6 Å². The zero-order chi connectivity index (χ0) is 23.9. The van der Waals surface area contributed by atoms with E-state index in [1.807, 2.05) is 54.6 Å². The van der Waals surface area contributed by atoms with E-state index >= 15 is 0 Å². The highest BCUT2D eigenvalue weighted by Gasteiger charge is 2.18. The van der Waals surface area contributed by atoms with Crippen LogP contribution in [0.25, 0.3) is 11.4 Å². The molecule has 0 saturated heterocycles. The normalized spacial score (nSPS) is 10.6. The first-order chi connectivity index (χ1) is 16.5. The predicted octanol–water partition coefficient (Wildman–Crippen LogP) is 3.84. The summed E-state index contributed by atoms with van der Waals surface area (Å²) in [6, 6.07) is 20.0. The van der Waals surface area contributed by atoms with E-state index in [0.29, 0.717) is 15.8 Å². The highest BCUT2D eigenvalue weighted by molar-refractivity contribution is 9.10. The van der Waals surface area contributed by atoms with Crippen molar-refractivity contribution in [1.29, 1.82) is 0 Å². The van der Waals surface area contributed by atoms with Gasteiger partial charge in [-0.25, -0.2) is 5.26 Å². The molecule has 1 heterocycles. The summed E-state index contributed by atoms with van der Waals surface area (Å²) in [4.78, 5) is 20.5. The Morgan fingerprint density at radius 1 is 1.09 bits per heavy atom. The van der Waals surface area contributed by atoms with Crippen LogP contribution >= 0.6 is 15.9 Å². The van der Waals surface area contributed by atoms with Crippen molar-refractivity contribution in [2.45, 2.75) is 6.54 Å². The first-order valence-corrected chi connectivity index (χ1v) is 10.7. The summed E-state index contributed by atoms with van der Waals surface area (Å²) in [7, 11) is 5.97. The average molecular weight is 522 g/mol. The Morgan fingerprint density at radius 3 is 2.53 bits per heavy atom. The van der Waals surface area contributed by atoms with Crippen LogP contribution in [0.5, 0.6) is 17.2 Å². The van der Waals surface area contributed by atoms with Crippen molar-refractivity contribution in [1.82, 2.24) is 15.5 Å². The maximum absolute atomic E-state index is 12.5. The van der Waals surface area contributed by atoms with Crippen LogP contribution in [0.4, 0.5) is 0 Å². The van der Waals surface area contributed by atoms with Gasteiger partial charge in [-0.2, -0.15) is 9.87 Å². The molecule has 1 aromatic heterocycles. The molecule has 11 heteroatoms. The van der Waals surface area contributed by atoms with Crippen molar-refractivity contribution >= 4 is 35.1 Å². The number of amides is 1. The van der Waals surface area contributed by atoms with E-state index in [0.717, 1.165) is 11.3 Å². The highest BCUT2D eigenvalue weighted by Crippen LogP contribution is 2.28. The third-order valence-corrected chi connectivity index (χ3v) is 5.15. The van der Waals surface area contributed by atoms with E-state index in [4.69, 9.17) is 27.1 Å². The number of aromatic nitrogens is 2. The molecule has 0 atom stereocenters. The summed E-state index contributed by atoms with van der Waals surface area (Å²) < 4.78 is 16.5. The molecule has 0 saturated carbocycles. The molecule has 0 aliphatic rings. The van der Waals surface area contributed by atoms with Crippen LogP contribution in [0.2, 0.25) is 0 Å². The molecule has 34 heavy (non-hydrogen) atoms. The van der Waals surface area contributed by atoms with E-state index < -0.39 is 12.7 Å². The van der Waals surface area contributed by atoms with Crippen molar-refractivity contribution in [3.8, 4) is 28.6 Å². The van der Waals surface area contributed by atoms with E-state index in [1.165, 1.54) is 0 Å². The van der Waals surface area contributed by atoms with Gasteiger partial charge in [0.15, 0.2) is 0 Å². The lowest BCUT2D eigenvalue weighted by Crippen LogP contribution is -2.23. The Balaban J connectivity index is 1.36. The standard InChI is InChI=1S/C23H17BBrN3O6/c24-18-10-15(11-19(25)20(18)31-13-32-30)21-27-23(34-28-21)22(29)26-12-14-6-8-17(9-7-14)33-16-4-2-1-3-5-16/h1-11,30H,12-13H2,(H,26,29). The van der Waals surface area contributed by atoms with Crippen LogP contribution in [-0.2, 0) is 11.4 Å². The number of hydrogen-bond donors (Lipinski definition) is 2. The molecule has 0 aliphatic carbocycles. The summed E-state index contributed by atoms with van der Waals surface area (Å²) in [6.07, 6.45) is 0. The van der Waals surface area contributed by atoms with E-state index in [-0.39, 0.29) is 29.5 Å². The first-order valence-electron chi connectivity index (χ1n) is 9.96. The van der Waals surface area contributed by atoms with Gasteiger partial charge in [-0.3, -0.25) is 4.79 Å². The lowest BCUT2D eigenvalue weighted by atomic mass is 9.93. The molecule has 3 aromatic carbocycles. The zero-order valence-electron chi connectivity index (χ0n) is 17.6. The number of nitrogens with zero attached hydrogens (tertiary/aromatic N) is 2. The molecular weight excluding hydrogens is 505 g/mol. The number of hydrogen-bond acceptors (Lipinski definition) is 8. The molecule has 0 spiro atoms. The maximum Gasteiger partial charge on any atom is 0.316 e. The summed E-state index contributed by atoms with van der Waals surface area (Å²) in [5.41, 5.74) is 1.61. The largest absolute Gasteiger partial charge is 0.464 e. The average Bonchev–Trinajstić information content (AvgIpc) is 3.34. The number of rotatable bonds is 9. The SMILES string of the molecule is [B]c1cc(-c2noc(C(=O)NCc3ccc(Oc4ccccc4)cc3)n2)cc(Br)c1OCOO. The third-order valence-electron chi connectivity index (χ3n) is 4.56. The van der Waals surface area contributed by atoms with Gasteiger partial charge >= 0.3 is 11.8 Å². The fourth-order valence-electron chi connectivity index (χ4n) is 2.97. The molecule has 4 aromatic rings. The fourth-order valence-corrected chi connectivity index (χ4v) is 3.56. The number of halogens is 1. The minimum Gasteiger partial charge on any atom is -0.464 e. The number of carbonyl (C=O) groups is 1. The molecule has 170 valence electrons. The fraction of sp³-hybridized carbons (Fsp3) is 0.0870. The molecule has 0 aliphatic heterocycles. The molecule has 9 nitrogen and oxygen atoms in total. The molecule has 2 radical (unpaired) electrons. The van der Waals surface area contributed by atoms with Gasteiger partial charge in [-0.05, 0) is 51.8 Å². The Hall–Kier alpha value is -3.67. The van der Waals surface area contributed by atoms with Gasteiger partial charge < -0.3 is 19.3 Å². The molecule has 0 unspecified atom stereocenters. The van der Waals surface area contributed by atoms with E-state index in [1.54, 1.807) is 12.1 Å². The topological polar surface area (TPSA) is 116 Å². The molecule has 0 fully saturated rings.